The number of likely N-dealkylation sites (N-methyl/N-ethyl adjacent to an activating group) is 1. The number of carbonyl (C=O) groups is 4. The van der Waals surface area contributed by atoms with Crippen molar-refractivity contribution in [2.45, 2.75) is 56.8 Å². The number of nitrogens with zero attached hydrogens (tertiary/aromatic N) is 3. The van der Waals surface area contributed by atoms with Gasteiger partial charge in [-0.3, -0.25) is 19.4 Å². The van der Waals surface area contributed by atoms with Crippen LogP contribution in [-0.4, -0.2) is 88.5 Å². The van der Waals surface area contributed by atoms with Crippen molar-refractivity contribution in [1.82, 2.24) is 15.5 Å². The maximum absolute atomic E-state index is 13.7. The number of aliphatic imine (C=N–C) groups is 2. The largest absolute Gasteiger partial charge is 0.508 e. The van der Waals surface area contributed by atoms with E-state index in [1.165, 1.54) is 26.1 Å². The molecule has 0 radical (unpaired) electrons. The average Bonchev–Trinajstić information content (AvgIpc) is 2.97. The first-order valence-corrected chi connectivity index (χ1v) is 13.8. The van der Waals surface area contributed by atoms with Gasteiger partial charge in [0, 0.05) is 26.4 Å². The highest BCUT2D eigenvalue weighted by Gasteiger charge is 2.32. The fourth-order valence-electron chi connectivity index (χ4n) is 4.20. The molecular formula is C29H41N9O6. The van der Waals surface area contributed by atoms with Gasteiger partial charge >= 0.3 is 5.97 Å². The molecule has 0 aliphatic rings. The summed E-state index contributed by atoms with van der Waals surface area (Å²) < 4.78 is 0. The Morgan fingerprint density at radius 1 is 0.841 bits per heavy atom. The van der Waals surface area contributed by atoms with Gasteiger partial charge in [0.05, 0.1) is 0 Å². The maximum Gasteiger partial charge on any atom is 0.326 e. The normalized spacial score (nSPS) is 13.3. The van der Waals surface area contributed by atoms with Gasteiger partial charge in [-0.1, -0.05) is 42.5 Å². The van der Waals surface area contributed by atoms with E-state index in [1.807, 2.05) is 0 Å². The molecule has 3 amide bonds. The summed E-state index contributed by atoms with van der Waals surface area (Å²) in [5, 5.41) is 24.4. The molecule has 0 unspecified atom stereocenters. The van der Waals surface area contributed by atoms with Crippen LogP contribution >= 0.6 is 0 Å². The van der Waals surface area contributed by atoms with Crippen molar-refractivity contribution in [3.63, 3.8) is 0 Å². The molecule has 0 aliphatic heterocycles. The average molecular weight is 612 g/mol. The Kier molecular flexibility index (Phi) is 13.4. The van der Waals surface area contributed by atoms with E-state index in [-0.39, 0.29) is 49.9 Å². The van der Waals surface area contributed by atoms with Crippen molar-refractivity contribution >= 4 is 35.6 Å². The molecule has 4 atom stereocenters. The first kappa shape index (κ1) is 34.9. The topological polar surface area (TPSA) is 265 Å². The number of nitrogens with two attached hydrogens (primary N) is 4. The number of rotatable bonds is 16. The fraction of sp³-hybridized carbons (Fsp3) is 0.379. The summed E-state index contributed by atoms with van der Waals surface area (Å²) in [6, 6.07) is 10.4. The van der Waals surface area contributed by atoms with Gasteiger partial charge in [-0.25, -0.2) is 9.79 Å². The van der Waals surface area contributed by atoms with Crippen molar-refractivity contribution in [3.05, 3.63) is 65.7 Å². The number of aliphatic carboxylic acids is 1. The Morgan fingerprint density at radius 3 is 2.00 bits per heavy atom. The van der Waals surface area contributed by atoms with E-state index in [9.17, 15) is 29.4 Å². The van der Waals surface area contributed by atoms with Crippen molar-refractivity contribution in [3.8, 4) is 5.75 Å². The number of amides is 3. The second-order valence-corrected chi connectivity index (χ2v) is 10.2. The molecule has 15 nitrogen and oxygen atoms in total. The summed E-state index contributed by atoms with van der Waals surface area (Å²) in [5.41, 5.74) is 23.3. The van der Waals surface area contributed by atoms with Gasteiger partial charge in [-0.2, -0.15) is 0 Å². The van der Waals surface area contributed by atoms with E-state index in [4.69, 9.17) is 22.9 Å². The van der Waals surface area contributed by atoms with E-state index in [2.05, 4.69) is 20.6 Å². The van der Waals surface area contributed by atoms with E-state index in [1.54, 1.807) is 42.5 Å². The number of phenolic OH excluding ortho intramolecular Hbond substituents is 1. The molecule has 0 aliphatic carbocycles. The molecule has 0 fully saturated rings. The lowest BCUT2D eigenvalue weighted by molar-refractivity contribution is -0.149. The van der Waals surface area contributed by atoms with Gasteiger partial charge < -0.3 is 48.7 Å². The van der Waals surface area contributed by atoms with Crippen molar-refractivity contribution in [2.24, 2.45) is 32.9 Å². The lowest BCUT2D eigenvalue weighted by Crippen LogP contribution is -2.57. The molecule has 0 heterocycles. The molecule has 44 heavy (non-hydrogen) atoms. The molecule has 2 rings (SSSR count). The number of hydrogen-bond acceptors (Lipinski definition) is 7. The molecule has 0 bridgehead atoms. The Bertz CT molecular complexity index is 1330. The first-order chi connectivity index (χ1) is 20.8. The molecule has 12 N–H and O–H groups in total. The number of carboxylic acids is 1. The molecule has 2 aromatic rings. The fourth-order valence-corrected chi connectivity index (χ4v) is 4.20. The van der Waals surface area contributed by atoms with Gasteiger partial charge in [0.15, 0.2) is 11.9 Å². The molecule has 0 aromatic heterocycles. The highest BCUT2D eigenvalue weighted by atomic mass is 16.4. The summed E-state index contributed by atoms with van der Waals surface area (Å²) >= 11 is 0. The van der Waals surface area contributed by atoms with Crippen LogP contribution in [0.3, 0.4) is 0 Å². The van der Waals surface area contributed by atoms with Crippen LogP contribution in [0, 0.1) is 0 Å². The minimum absolute atomic E-state index is 0.0390. The predicted octanol–water partition coefficient (Wildman–Crippen LogP) is -1.23. The quantitative estimate of drug-likeness (QED) is 0.0636. The minimum atomic E-state index is -1.21. The molecule has 0 saturated carbocycles. The number of hydrogen-bond donors (Lipinski definition) is 8. The number of benzene rings is 2. The van der Waals surface area contributed by atoms with Crippen molar-refractivity contribution in [2.75, 3.05) is 13.6 Å². The van der Waals surface area contributed by atoms with Crippen molar-refractivity contribution in [1.29, 1.82) is 0 Å². The Balaban J connectivity index is 2.35. The molecule has 2 aromatic carbocycles. The molecule has 0 saturated heterocycles. The zero-order valence-electron chi connectivity index (χ0n) is 24.7. The number of carboxylic acid groups (broad SMARTS) is 1. The highest BCUT2D eigenvalue weighted by Crippen LogP contribution is 2.14. The lowest BCUT2D eigenvalue weighted by atomic mass is 10.0. The van der Waals surface area contributed by atoms with Crippen LogP contribution < -0.4 is 33.6 Å². The van der Waals surface area contributed by atoms with E-state index >= 15 is 0 Å². The van der Waals surface area contributed by atoms with Crippen LogP contribution in [0.15, 0.2) is 64.6 Å². The minimum Gasteiger partial charge on any atom is -0.508 e. The second kappa shape index (κ2) is 16.9. The monoisotopic (exact) mass is 611 g/mol. The Hall–Kier alpha value is -5.34. The third-order valence-corrected chi connectivity index (χ3v) is 6.73. The van der Waals surface area contributed by atoms with Gasteiger partial charge in [0.1, 0.15) is 29.9 Å². The highest BCUT2D eigenvalue weighted by molar-refractivity contribution is 5.94. The van der Waals surface area contributed by atoms with Gasteiger partial charge in [-0.05, 0) is 43.0 Å². The Labute approximate surface area is 255 Å². The van der Waals surface area contributed by atoms with Crippen LogP contribution in [0.25, 0.3) is 0 Å². The van der Waals surface area contributed by atoms with Gasteiger partial charge in [-0.15, -0.1) is 0 Å². The zero-order valence-corrected chi connectivity index (χ0v) is 24.7. The smallest absolute Gasteiger partial charge is 0.326 e. The summed E-state index contributed by atoms with van der Waals surface area (Å²) in [5.74, 6) is -3.65. The van der Waals surface area contributed by atoms with Crippen LogP contribution in [0.4, 0.5) is 0 Å². The van der Waals surface area contributed by atoms with Crippen LogP contribution in [0.1, 0.15) is 30.9 Å². The van der Waals surface area contributed by atoms with E-state index < -0.39 is 47.9 Å². The SMILES string of the molecule is C[C@H](C(=O)O)N(C)C(=O)[C@H](Cc1ccccc1)NC(=O)[C@@H](CCCN=C(N)N)NC(=O)[C@H](Cc1ccc(O)cc1)N=C(N)N. The lowest BCUT2D eigenvalue weighted by Gasteiger charge is -2.29. The second-order valence-electron chi connectivity index (χ2n) is 10.2. The zero-order chi connectivity index (χ0) is 32.8. The van der Waals surface area contributed by atoms with E-state index in [0.717, 1.165) is 10.5 Å². The number of guanidine groups is 2. The Morgan fingerprint density at radius 2 is 1.43 bits per heavy atom. The predicted molar refractivity (Wildman–Crippen MR) is 165 cm³/mol. The summed E-state index contributed by atoms with van der Waals surface area (Å²) in [7, 11) is 1.34. The van der Waals surface area contributed by atoms with Crippen LogP contribution in [0.2, 0.25) is 0 Å². The van der Waals surface area contributed by atoms with Crippen LogP contribution in [-0.2, 0) is 32.0 Å². The molecule has 238 valence electrons. The molecular weight excluding hydrogens is 570 g/mol. The molecule has 0 spiro atoms. The number of nitrogens with one attached hydrogen (secondary N) is 2. The van der Waals surface area contributed by atoms with Gasteiger partial charge in [0.2, 0.25) is 17.7 Å². The summed E-state index contributed by atoms with van der Waals surface area (Å²) in [6.07, 6.45) is 0.484. The van der Waals surface area contributed by atoms with Crippen molar-refractivity contribution < 1.29 is 29.4 Å². The van der Waals surface area contributed by atoms with Gasteiger partial charge in [0.25, 0.3) is 0 Å². The van der Waals surface area contributed by atoms with E-state index in [0.29, 0.717) is 5.56 Å². The number of aromatic hydroxyl groups is 1. The standard InChI is InChI=1S/C29H41N9O6/c1-17(27(43)44)38(2)26(42)23(16-18-7-4-3-5-8-18)36-24(40)21(9-6-14-34-28(30)31)35-25(41)22(37-29(32)33)15-19-10-12-20(39)13-11-19/h3-5,7-8,10-13,17,21-23,39H,6,9,14-16H2,1-2H3,(H,35,41)(H,36,40)(H,43,44)(H4,30,31,34)(H4,32,33,37)/t17-,21-,22+,23+/m1/s1. The first-order valence-electron chi connectivity index (χ1n) is 13.8. The summed E-state index contributed by atoms with van der Waals surface area (Å²) in [6.45, 7) is 1.52. The number of phenols is 1. The number of carbonyl (C=O) groups excluding carboxylic acids is 3. The third kappa shape index (κ3) is 11.5. The maximum atomic E-state index is 13.7. The third-order valence-electron chi connectivity index (χ3n) is 6.73. The summed E-state index contributed by atoms with van der Waals surface area (Å²) in [4.78, 5) is 61.0. The van der Waals surface area contributed by atoms with Crippen LogP contribution in [0.5, 0.6) is 5.75 Å². The molecule has 15 heteroatoms.